The summed E-state index contributed by atoms with van der Waals surface area (Å²) in [5.41, 5.74) is 0.521. The summed E-state index contributed by atoms with van der Waals surface area (Å²) in [7, 11) is 0. The van der Waals surface area contributed by atoms with Crippen LogP contribution in [0, 0.1) is 81.8 Å². The van der Waals surface area contributed by atoms with Gasteiger partial charge in [0.15, 0.2) is 23.1 Å². The van der Waals surface area contributed by atoms with E-state index in [0.29, 0.717) is 109 Å². The average molecular weight is 1660 g/mol. The smallest absolute Gasteiger partial charge is 0.220 e. The van der Waals surface area contributed by atoms with Crippen molar-refractivity contribution in [3.8, 4) is 0 Å². The van der Waals surface area contributed by atoms with Crippen molar-refractivity contribution in [1.82, 2.24) is 37.2 Å². The highest BCUT2D eigenvalue weighted by molar-refractivity contribution is 5.93. The molecule has 0 spiro atoms. The van der Waals surface area contributed by atoms with Crippen LogP contribution in [0.15, 0.2) is 0 Å². The summed E-state index contributed by atoms with van der Waals surface area (Å²) in [4.78, 5) is 99.6. The summed E-state index contributed by atoms with van der Waals surface area (Å²) in [6, 6.07) is -0.729. The van der Waals surface area contributed by atoms with Crippen LogP contribution >= 0.6 is 0 Å². The van der Waals surface area contributed by atoms with Crippen molar-refractivity contribution < 1.29 is 62.0 Å². The molecule has 117 heavy (non-hydrogen) atoms. The highest BCUT2D eigenvalue weighted by atomic mass is 16.5. The lowest BCUT2D eigenvalue weighted by atomic mass is 9.43. The zero-order chi connectivity index (χ0) is 89.5. The van der Waals surface area contributed by atoms with Gasteiger partial charge in [0.05, 0.1) is 73.0 Å². The second-order valence-corrected chi connectivity index (χ2v) is 40.5. The number of fused-ring (bicyclic) bond motifs is 5. The van der Waals surface area contributed by atoms with E-state index < -0.39 is 24.0 Å². The quantitative estimate of drug-likeness (QED) is 0.0220. The van der Waals surface area contributed by atoms with E-state index >= 15 is 0 Å². The molecule has 0 aromatic heterocycles. The minimum atomic E-state index is -0.859. The predicted molar refractivity (Wildman–Crippen MR) is 482 cm³/mol. The minimum Gasteiger partial charge on any atom is -0.379 e. The normalized spacial score (nSPS) is 23.5. The van der Waals surface area contributed by atoms with E-state index in [-0.39, 0.29) is 151 Å². The number of carbonyl (C=O) groups is 8. The zero-order valence-corrected chi connectivity index (χ0v) is 81.2. The number of nitrogens with one attached hydrogen (secondary N) is 7. The average Bonchev–Trinajstić information content (AvgIpc) is 1.65. The molecule has 0 aromatic rings. The first-order valence-corrected chi connectivity index (χ1v) is 47.2. The number of hydrogen-bond donors (Lipinski definition) is 7. The Labute approximate surface area is 716 Å². The first-order chi connectivity index (χ1) is 54.4. The third kappa shape index (κ3) is 42.6. The molecule has 20 nitrogen and oxygen atoms in total. The van der Waals surface area contributed by atoms with E-state index in [9.17, 15) is 38.4 Å². The number of unbranched alkanes of at least 4 members (excludes halogenated alkanes) is 2. The molecule has 3 amide bonds. The monoisotopic (exact) mass is 1660 g/mol. The first-order valence-electron chi connectivity index (χ1n) is 47.2. The van der Waals surface area contributed by atoms with Gasteiger partial charge in [-0.15, -0.1) is 0 Å². The molecule has 16 atom stereocenters. The fraction of sp³-hybridized carbons (Fsp3) is 0.918. The van der Waals surface area contributed by atoms with Crippen molar-refractivity contribution in [2.75, 3.05) is 19.7 Å². The topological polar surface area (TPSA) is 267 Å². The Balaban J connectivity index is 0.000000820. The number of ether oxygens (including phenoxy) is 5. The molecule has 0 aliphatic heterocycles. The molecule has 4 aliphatic rings. The number of ketones is 5. The van der Waals surface area contributed by atoms with Gasteiger partial charge in [-0.05, 0) is 239 Å². The predicted octanol–water partition coefficient (Wildman–Crippen LogP) is 18.5. The van der Waals surface area contributed by atoms with Gasteiger partial charge in [-0.1, -0.05) is 158 Å². The van der Waals surface area contributed by atoms with Crippen LogP contribution in [0.4, 0.5) is 0 Å². The molecule has 4 fully saturated rings. The maximum absolute atomic E-state index is 12.8. The van der Waals surface area contributed by atoms with E-state index in [2.05, 4.69) is 183 Å². The SMILES string of the molecule is CC(C)CCCCC(=O)NCCCCC(NC(C)C)C(=O)C(C)C.CC(C)NC(CCC(=O)NC(CCC(=O)NC(CCC(=O)C(C)C)C(=O)C(C)C)C(=O)C(C)C)C(=O)C(C)C.CC(C)NCCCC(NC(C)C)OC(C)C.CC(C)OC[C@@H](C)C1CCC2C3C(OC(C)C)CC4CC(OC(C)C)CCC4(C)C3CC(OC(C)C)C21C. The summed E-state index contributed by atoms with van der Waals surface area (Å²) in [5.74, 6) is 2.98. The third-order valence-electron chi connectivity index (χ3n) is 24.3. The summed E-state index contributed by atoms with van der Waals surface area (Å²) in [6.07, 6.45) is 21.0. The maximum atomic E-state index is 12.8. The molecule has 0 saturated heterocycles. The number of carbonyl (C=O) groups excluding carboxylic acids is 8. The van der Waals surface area contributed by atoms with Gasteiger partial charge in [0.1, 0.15) is 12.0 Å². The Morgan fingerprint density at radius 3 is 1.35 bits per heavy atom. The van der Waals surface area contributed by atoms with Crippen LogP contribution in [0.2, 0.25) is 0 Å². The first kappa shape index (κ1) is 111. The number of amides is 3. The third-order valence-corrected chi connectivity index (χ3v) is 24.3. The Morgan fingerprint density at radius 2 is 0.889 bits per heavy atom. The van der Waals surface area contributed by atoms with Gasteiger partial charge in [0.2, 0.25) is 17.7 Å². The summed E-state index contributed by atoms with van der Waals surface area (Å²) in [6.45, 7) is 71.4. The molecule has 0 aromatic carbocycles. The minimum absolute atomic E-state index is 0.0250. The van der Waals surface area contributed by atoms with Crippen molar-refractivity contribution in [2.45, 2.75) is 473 Å². The standard InChI is InChI=1S/C34H62O4.C30H53N3O6.C20H40N2O2.C13H30N2O/c1-20(2)35-19-24(9)27-12-13-28-32-29(18-31(34(27,28)11)38-23(7)8)33(10)15-14-26(36-21(3)4)16-25(33)17-30(32)37-22(5)6;1-17(2)25(34)14-11-23(29(38)19(5)6)32-27(36)16-13-24(30(39)20(7)8)33-26(35)15-12-22(31-21(9)10)28(37)18(3)4;1-15(2)11-7-8-13-19(23)21-14-10-9-12-18(22-17(5)6)20(24)16(3)4;1-10(2)14-9-7-8-13(15-11(3)4)16-12(5)6/h20-32H,12-19H2,1-11H3;17-24,31H,11-16H2,1-10H3,(H,32,36)(H,33,35);15-18,22H,7-14H2,1-6H3,(H,21,23);10-15H,7-9H2,1-6H3/t24-,25?,26?,27?,28?,29?,30?,31?,32?,33?,34?;;;/m1.../s1. The second-order valence-electron chi connectivity index (χ2n) is 40.5. The zero-order valence-electron chi connectivity index (χ0n) is 81.2. The van der Waals surface area contributed by atoms with E-state index in [1.54, 1.807) is 41.5 Å². The fourth-order valence-corrected chi connectivity index (χ4v) is 18.5. The van der Waals surface area contributed by atoms with Crippen molar-refractivity contribution in [3.63, 3.8) is 0 Å². The lowest BCUT2D eigenvalue weighted by molar-refractivity contribution is -0.238. The molecule has 0 radical (unpaired) electrons. The van der Waals surface area contributed by atoms with E-state index in [1.807, 2.05) is 41.5 Å². The summed E-state index contributed by atoms with van der Waals surface area (Å²) in [5, 5.41) is 21.9. The van der Waals surface area contributed by atoms with Crippen LogP contribution in [0.5, 0.6) is 0 Å². The second kappa shape index (κ2) is 57.0. The maximum Gasteiger partial charge on any atom is 0.220 e. The largest absolute Gasteiger partial charge is 0.379 e. The Kier molecular flexibility index (Phi) is 54.3. The van der Waals surface area contributed by atoms with Crippen molar-refractivity contribution >= 4 is 46.6 Å². The van der Waals surface area contributed by atoms with Gasteiger partial charge >= 0.3 is 0 Å². The molecule has 4 aliphatic carbocycles. The van der Waals surface area contributed by atoms with Gasteiger partial charge in [-0.2, -0.15) is 0 Å². The molecule has 15 unspecified atom stereocenters. The van der Waals surface area contributed by atoms with Crippen LogP contribution in [0.3, 0.4) is 0 Å². The number of Topliss-reactive ketones (excluding diaryl/α,β-unsaturated/α-hetero) is 5. The molecule has 7 N–H and O–H groups in total. The molecule has 0 bridgehead atoms. The highest BCUT2D eigenvalue weighted by Gasteiger charge is 2.67. The lowest BCUT2D eigenvalue weighted by Gasteiger charge is -2.65. The number of rotatable bonds is 53. The van der Waals surface area contributed by atoms with E-state index in [0.717, 1.165) is 58.1 Å². The molecular formula is C97H185N7O13. The highest BCUT2D eigenvalue weighted by Crippen LogP contribution is 2.69. The van der Waals surface area contributed by atoms with E-state index in [4.69, 9.17) is 23.7 Å². The Bertz CT molecular complexity index is 2790. The van der Waals surface area contributed by atoms with Gasteiger partial charge in [0, 0.05) is 98.0 Å². The van der Waals surface area contributed by atoms with Crippen molar-refractivity contribution in [2.24, 2.45) is 81.8 Å². The molecule has 0 heterocycles. The van der Waals surface area contributed by atoms with Gasteiger partial charge in [-0.25, -0.2) is 0 Å². The van der Waals surface area contributed by atoms with Crippen LogP contribution in [-0.4, -0.2) is 170 Å². The summed E-state index contributed by atoms with van der Waals surface area (Å²) >= 11 is 0. The van der Waals surface area contributed by atoms with Crippen molar-refractivity contribution in [1.29, 1.82) is 0 Å². The number of hydrogen-bond acceptors (Lipinski definition) is 17. The van der Waals surface area contributed by atoms with E-state index in [1.165, 1.54) is 51.4 Å². The lowest BCUT2D eigenvalue weighted by Crippen LogP contribution is -2.63. The van der Waals surface area contributed by atoms with Crippen LogP contribution in [0.1, 0.15) is 370 Å². The molecular weight excluding hydrogens is 1470 g/mol. The van der Waals surface area contributed by atoms with Crippen LogP contribution < -0.4 is 37.2 Å². The van der Waals surface area contributed by atoms with Gasteiger partial charge in [-0.3, -0.25) is 43.7 Å². The van der Waals surface area contributed by atoms with Gasteiger partial charge < -0.3 is 55.6 Å². The van der Waals surface area contributed by atoms with Crippen LogP contribution in [0.25, 0.3) is 0 Å². The molecule has 20 heteroatoms. The molecule has 4 rings (SSSR count). The fourth-order valence-electron chi connectivity index (χ4n) is 18.5. The van der Waals surface area contributed by atoms with Gasteiger partial charge in [0.25, 0.3) is 0 Å². The van der Waals surface area contributed by atoms with Crippen molar-refractivity contribution in [3.05, 3.63) is 0 Å². The Hall–Kier alpha value is -3.60. The molecule has 686 valence electrons. The Morgan fingerprint density at radius 1 is 0.402 bits per heavy atom. The van der Waals surface area contributed by atoms with Crippen LogP contribution in [-0.2, 0) is 62.0 Å². The molecule has 4 saturated carbocycles. The summed E-state index contributed by atoms with van der Waals surface area (Å²) < 4.78 is 32.3.